The molecule has 1 saturated heterocycles. The number of nitrogens with one attached hydrogen (secondary N) is 1. The van der Waals surface area contributed by atoms with Gasteiger partial charge in [0.2, 0.25) is 0 Å². The third-order valence-corrected chi connectivity index (χ3v) is 5.77. The van der Waals surface area contributed by atoms with Crippen LogP contribution in [0.4, 0.5) is 10.5 Å². The van der Waals surface area contributed by atoms with E-state index < -0.39 is 0 Å². The Bertz CT molecular complexity index is 855. The van der Waals surface area contributed by atoms with Crippen molar-refractivity contribution in [3.63, 3.8) is 0 Å². The van der Waals surface area contributed by atoms with Crippen molar-refractivity contribution in [2.24, 2.45) is 0 Å². The molecule has 1 atom stereocenters. The first-order chi connectivity index (χ1) is 13.7. The lowest BCUT2D eigenvalue weighted by Crippen LogP contribution is -2.42. The van der Waals surface area contributed by atoms with Crippen molar-refractivity contribution < 1.29 is 14.3 Å². The highest BCUT2D eigenvalue weighted by molar-refractivity contribution is 5.91. The number of benzene rings is 2. The fraction of sp³-hybridized carbons (Fsp3) is 0.409. The van der Waals surface area contributed by atoms with E-state index in [0.29, 0.717) is 23.2 Å². The third-order valence-electron chi connectivity index (χ3n) is 5.77. The van der Waals surface area contributed by atoms with Crippen LogP contribution < -0.4 is 14.8 Å². The molecule has 6 nitrogen and oxygen atoms in total. The predicted octanol–water partition coefficient (Wildman–Crippen LogP) is 3.37. The number of ether oxygens (including phenoxy) is 2. The fourth-order valence-electron chi connectivity index (χ4n) is 4.23. The van der Waals surface area contributed by atoms with E-state index in [4.69, 9.17) is 9.47 Å². The van der Waals surface area contributed by atoms with Gasteiger partial charge in [-0.3, -0.25) is 4.90 Å². The standard InChI is InChI=1S/C22H27N3O3/c1-27-20-9-5-8-19(21(20)28-2)23-22(26)25-13-11-18(15-25)24-12-10-16-6-3-4-7-17(16)14-24/h3-9,18H,10-15H2,1-2H3,(H,23,26). The molecule has 0 radical (unpaired) electrons. The molecular weight excluding hydrogens is 354 g/mol. The van der Waals surface area contributed by atoms with Crippen LogP contribution in [-0.2, 0) is 13.0 Å². The van der Waals surface area contributed by atoms with E-state index in [-0.39, 0.29) is 6.03 Å². The maximum Gasteiger partial charge on any atom is 0.322 e. The number of likely N-dealkylation sites (tertiary alicyclic amines) is 1. The molecule has 0 saturated carbocycles. The largest absolute Gasteiger partial charge is 0.493 e. The zero-order valence-electron chi connectivity index (χ0n) is 16.5. The maximum atomic E-state index is 12.8. The predicted molar refractivity (Wildman–Crippen MR) is 109 cm³/mol. The van der Waals surface area contributed by atoms with E-state index in [1.807, 2.05) is 23.1 Å². The molecule has 28 heavy (non-hydrogen) atoms. The first-order valence-corrected chi connectivity index (χ1v) is 9.77. The maximum absolute atomic E-state index is 12.8. The highest BCUT2D eigenvalue weighted by atomic mass is 16.5. The van der Waals surface area contributed by atoms with E-state index in [2.05, 4.69) is 34.5 Å². The number of hydrogen-bond acceptors (Lipinski definition) is 4. The number of carbonyl (C=O) groups is 1. The number of para-hydroxylation sites is 1. The normalized spacial score (nSPS) is 19.2. The summed E-state index contributed by atoms with van der Waals surface area (Å²) in [5, 5.41) is 2.98. The van der Waals surface area contributed by atoms with Gasteiger partial charge in [0.1, 0.15) is 0 Å². The van der Waals surface area contributed by atoms with Gasteiger partial charge in [0.15, 0.2) is 11.5 Å². The summed E-state index contributed by atoms with van der Waals surface area (Å²) in [4.78, 5) is 17.2. The Morgan fingerprint density at radius 2 is 1.86 bits per heavy atom. The van der Waals surface area contributed by atoms with Crippen LogP contribution in [0, 0.1) is 0 Å². The molecule has 0 aliphatic carbocycles. The second kappa shape index (κ2) is 8.10. The van der Waals surface area contributed by atoms with Gasteiger partial charge in [-0.2, -0.15) is 0 Å². The number of amides is 2. The van der Waals surface area contributed by atoms with Gasteiger partial charge in [-0.05, 0) is 36.1 Å². The van der Waals surface area contributed by atoms with Crippen molar-refractivity contribution >= 4 is 11.7 Å². The Labute approximate surface area is 166 Å². The number of rotatable bonds is 4. The molecule has 6 heteroatoms. The minimum Gasteiger partial charge on any atom is -0.493 e. The molecular formula is C22H27N3O3. The Balaban J connectivity index is 1.39. The number of carbonyl (C=O) groups excluding carboxylic acids is 1. The molecule has 1 fully saturated rings. The van der Waals surface area contributed by atoms with Crippen molar-refractivity contribution in [1.29, 1.82) is 0 Å². The van der Waals surface area contributed by atoms with Crippen molar-refractivity contribution in [3.8, 4) is 11.5 Å². The number of urea groups is 1. The highest BCUT2D eigenvalue weighted by Crippen LogP contribution is 2.35. The summed E-state index contributed by atoms with van der Waals surface area (Å²) in [6, 6.07) is 14.5. The van der Waals surface area contributed by atoms with E-state index in [1.54, 1.807) is 14.2 Å². The van der Waals surface area contributed by atoms with Gasteiger partial charge >= 0.3 is 6.03 Å². The molecule has 2 aromatic carbocycles. The second-order valence-electron chi connectivity index (χ2n) is 7.35. The monoisotopic (exact) mass is 381 g/mol. The lowest BCUT2D eigenvalue weighted by molar-refractivity contribution is 0.177. The molecule has 0 spiro atoms. The summed E-state index contributed by atoms with van der Waals surface area (Å²) < 4.78 is 10.7. The van der Waals surface area contributed by atoms with Crippen molar-refractivity contribution in [2.75, 3.05) is 39.2 Å². The van der Waals surface area contributed by atoms with E-state index in [9.17, 15) is 4.79 Å². The zero-order valence-corrected chi connectivity index (χ0v) is 16.5. The highest BCUT2D eigenvalue weighted by Gasteiger charge is 2.32. The number of anilines is 1. The van der Waals surface area contributed by atoms with Crippen LogP contribution in [-0.4, -0.2) is 55.7 Å². The molecule has 1 N–H and O–H groups in total. The van der Waals surface area contributed by atoms with Crippen molar-refractivity contribution in [1.82, 2.24) is 9.80 Å². The van der Waals surface area contributed by atoms with Gasteiger partial charge in [0, 0.05) is 32.2 Å². The first kappa shape index (κ1) is 18.6. The summed E-state index contributed by atoms with van der Waals surface area (Å²) in [6.45, 7) is 3.54. The van der Waals surface area contributed by atoms with Crippen LogP contribution >= 0.6 is 0 Å². The molecule has 2 heterocycles. The molecule has 0 bridgehead atoms. The summed E-state index contributed by atoms with van der Waals surface area (Å²) in [6.07, 6.45) is 2.09. The SMILES string of the molecule is COc1cccc(NC(=O)N2CCC(N3CCc4ccccc4C3)C2)c1OC. The van der Waals surface area contributed by atoms with Gasteiger partial charge in [-0.15, -0.1) is 0 Å². The molecule has 0 aromatic heterocycles. The number of hydrogen-bond donors (Lipinski definition) is 1. The number of fused-ring (bicyclic) bond motifs is 1. The van der Waals surface area contributed by atoms with E-state index in [1.165, 1.54) is 11.1 Å². The molecule has 2 aliphatic heterocycles. The van der Waals surface area contributed by atoms with Crippen LogP contribution in [0.5, 0.6) is 11.5 Å². The minimum absolute atomic E-state index is 0.0912. The number of nitrogens with zero attached hydrogens (tertiary/aromatic N) is 2. The molecule has 2 aromatic rings. The first-order valence-electron chi connectivity index (χ1n) is 9.77. The second-order valence-corrected chi connectivity index (χ2v) is 7.35. The molecule has 1 unspecified atom stereocenters. The Morgan fingerprint density at radius 1 is 1.04 bits per heavy atom. The lowest BCUT2D eigenvalue weighted by Gasteiger charge is -2.33. The van der Waals surface area contributed by atoms with E-state index in [0.717, 1.165) is 39.0 Å². The van der Waals surface area contributed by atoms with Crippen LogP contribution in [0.25, 0.3) is 0 Å². The zero-order chi connectivity index (χ0) is 19.5. The molecule has 2 aliphatic rings. The van der Waals surface area contributed by atoms with Crippen LogP contribution in [0.2, 0.25) is 0 Å². The Kier molecular flexibility index (Phi) is 5.39. The van der Waals surface area contributed by atoms with Gasteiger partial charge in [-0.25, -0.2) is 4.79 Å². The third kappa shape index (κ3) is 3.64. The molecule has 2 amide bonds. The van der Waals surface area contributed by atoms with Crippen LogP contribution in [0.3, 0.4) is 0 Å². The summed E-state index contributed by atoms with van der Waals surface area (Å²) >= 11 is 0. The lowest BCUT2D eigenvalue weighted by atomic mass is 9.98. The van der Waals surface area contributed by atoms with Crippen molar-refractivity contribution in [3.05, 3.63) is 53.6 Å². The topological polar surface area (TPSA) is 54.0 Å². The molecule has 4 rings (SSSR count). The molecule has 148 valence electrons. The van der Waals surface area contributed by atoms with Crippen LogP contribution in [0.1, 0.15) is 17.5 Å². The van der Waals surface area contributed by atoms with E-state index >= 15 is 0 Å². The summed E-state index contributed by atoms with van der Waals surface area (Å²) in [5.74, 6) is 1.15. The summed E-state index contributed by atoms with van der Waals surface area (Å²) in [7, 11) is 3.17. The fourth-order valence-corrected chi connectivity index (χ4v) is 4.23. The Hall–Kier alpha value is -2.73. The van der Waals surface area contributed by atoms with Gasteiger partial charge in [0.05, 0.1) is 19.9 Å². The quantitative estimate of drug-likeness (QED) is 0.882. The van der Waals surface area contributed by atoms with Crippen molar-refractivity contribution in [2.45, 2.75) is 25.4 Å². The average molecular weight is 381 g/mol. The summed E-state index contributed by atoms with van der Waals surface area (Å²) in [5.41, 5.74) is 3.50. The minimum atomic E-state index is -0.0912. The van der Waals surface area contributed by atoms with Crippen LogP contribution in [0.15, 0.2) is 42.5 Å². The van der Waals surface area contributed by atoms with Gasteiger partial charge in [0.25, 0.3) is 0 Å². The number of methoxy groups -OCH3 is 2. The van der Waals surface area contributed by atoms with Gasteiger partial charge in [-0.1, -0.05) is 30.3 Å². The Morgan fingerprint density at radius 3 is 2.64 bits per heavy atom. The average Bonchev–Trinajstić information content (AvgIpc) is 3.23. The van der Waals surface area contributed by atoms with Gasteiger partial charge < -0.3 is 19.7 Å². The smallest absolute Gasteiger partial charge is 0.322 e.